The molecule has 0 aliphatic rings. The Bertz CT molecular complexity index is 559. The quantitative estimate of drug-likeness (QED) is 0.731. The second-order valence-electron chi connectivity index (χ2n) is 5.14. The van der Waals surface area contributed by atoms with E-state index in [-0.39, 0.29) is 5.78 Å². The van der Waals surface area contributed by atoms with Crippen LogP contribution in [0.3, 0.4) is 0 Å². The van der Waals surface area contributed by atoms with Gasteiger partial charge in [0, 0.05) is 30.7 Å². The maximum atomic E-state index is 11.4. The molecule has 3 nitrogen and oxygen atoms in total. The average Bonchev–Trinajstić information content (AvgIpc) is 2.48. The molecule has 3 heteroatoms. The van der Waals surface area contributed by atoms with Crippen LogP contribution in [0.15, 0.2) is 49.1 Å². The summed E-state index contributed by atoms with van der Waals surface area (Å²) in [5.74, 6) is 0.264. The normalized spacial score (nSPS) is 10.5. The Hall–Kier alpha value is -2.03. The van der Waals surface area contributed by atoms with Gasteiger partial charge in [0.25, 0.3) is 0 Å². The first-order valence-electron chi connectivity index (χ1n) is 7.11. The van der Waals surface area contributed by atoms with Crippen LogP contribution in [0, 0.1) is 0 Å². The van der Waals surface area contributed by atoms with E-state index in [1.807, 2.05) is 35.5 Å². The summed E-state index contributed by atoms with van der Waals surface area (Å²) in [6, 6.07) is 8.52. The monoisotopic (exact) mass is 270 g/mol. The van der Waals surface area contributed by atoms with Crippen LogP contribution in [0.25, 0.3) is 0 Å². The second kappa shape index (κ2) is 6.94. The third kappa shape index (κ3) is 4.26. The van der Waals surface area contributed by atoms with Crippen molar-refractivity contribution in [3.8, 4) is 0 Å². The fourth-order valence-corrected chi connectivity index (χ4v) is 2.06. The van der Waals surface area contributed by atoms with Gasteiger partial charge >= 0.3 is 0 Å². The molecule has 104 valence electrons. The first-order chi connectivity index (χ1) is 9.67. The van der Waals surface area contributed by atoms with Crippen molar-refractivity contribution in [3.63, 3.8) is 0 Å². The summed E-state index contributed by atoms with van der Waals surface area (Å²) < 4.78 is 3.98. The zero-order chi connectivity index (χ0) is 14.4. The minimum atomic E-state index is 0.264. The van der Waals surface area contributed by atoms with E-state index >= 15 is 0 Å². The minimum Gasteiger partial charge on any atom is -0.293 e. The Morgan fingerprint density at radius 1 is 0.950 bits per heavy atom. The Labute approximate surface area is 120 Å². The zero-order valence-electron chi connectivity index (χ0n) is 12.2. The molecule has 0 bridgehead atoms. The van der Waals surface area contributed by atoms with Crippen LogP contribution in [0.1, 0.15) is 24.5 Å². The highest BCUT2D eigenvalue weighted by Crippen LogP contribution is 2.04. The largest absolute Gasteiger partial charge is 0.293 e. The van der Waals surface area contributed by atoms with Crippen LogP contribution >= 0.6 is 0 Å². The van der Waals surface area contributed by atoms with E-state index in [0.29, 0.717) is 13.0 Å². The highest BCUT2D eigenvalue weighted by Gasteiger charge is 2.07. The third-order valence-electron chi connectivity index (χ3n) is 3.46. The number of nitrogens with zero attached hydrogens (tertiary/aromatic N) is 2. The Kier molecular flexibility index (Phi) is 4.99. The molecule has 0 saturated heterocycles. The van der Waals surface area contributed by atoms with Gasteiger partial charge in [0.2, 0.25) is 6.54 Å². The van der Waals surface area contributed by atoms with E-state index in [2.05, 4.69) is 36.7 Å². The van der Waals surface area contributed by atoms with Gasteiger partial charge in [0.1, 0.15) is 7.05 Å². The summed E-state index contributed by atoms with van der Waals surface area (Å²) in [6.07, 6.45) is 10.8. The molecule has 0 N–H and O–H groups in total. The van der Waals surface area contributed by atoms with E-state index in [1.54, 1.807) is 0 Å². The summed E-state index contributed by atoms with van der Waals surface area (Å²) in [5.41, 5.74) is 2.65. The van der Waals surface area contributed by atoms with Crippen LogP contribution in [-0.2, 0) is 31.2 Å². The number of aryl methyl sites for hydroxylation is 3. The maximum Gasteiger partial charge on any atom is 0.206 e. The fourth-order valence-electron chi connectivity index (χ4n) is 2.06. The van der Waals surface area contributed by atoms with E-state index in [0.717, 1.165) is 12.8 Å². The lowest BCUT2D eigenvalue weighted by Crippen LogP contribution is -2.36. The zero-order valence-corrected chi connectivity index (χ0v) is 12.2. The molecule has 2 rings (SSSR count). The predicted molar refractivity (Wildman–Crippen MR) is 77.0 cm³/mol. The van der Waals surface area contributed by atoms with Crippen molar-refractivity contribution in [2.24, 2.45) is 7.05 Å². The number of Topliss-reactive ketones (excluding diaryl/α,β-unsaturated/α-hetero) is 1. The summed E-state index contributed by atoms with van der Waals surface area (Å²) >= 11 is 0. The van der Waals surface area contributed by atoms with Crippen LogP contribution in [0.2, 0.25) is 0 Å². The standard InChI is InChI=1S/C17H22N2O/c1-3-17(20)14-19-12-8-16(9-13-19)5-4-15-6-10-18(2)11-7-15/h6-13H,3-5,14H2,1-2H3/q+2. The van der Waals surface area contributed by atoms with Crippen molar-refractivity contribution in [1.29, 1.82) is 0 Å². The van der Waals surface area contributed by atoms with Crippen LogP contribution in [-0.4, -0.2) is 5.78 Å². The smallest absolute Gasteiger partial charge is 0.206 e. The van der Waals surface area contributed by atoms with E-state index in [1.165, 1.54) is 11.1 Å². The molecular formula is C17H22N2O+2. The number of ketones is 1. The first-order valence-corrected chi connectivity index (χ1v) is 7.11. The lowest BCUT2D eigenvalue weighted by Gasteiger charge is -2.01. The molecule has 0 saturated carbocycles. The maximum absolute atomic E-state index is 11.4. The molecule has 2 aromatic rings. The molecule has 0 atom stereocenters. The molecule has 0 unspecified atom stereocenters. The lowest BCUT2D eigenvalue weighted by atomic mass is 10.1. The van der Waals surface area contributed by atoms with Crippen molar-refractivity contribution in [3.05, 3.63) is 60.2 Å². The first kappa shape index (κ1) is 14.4. The number of hydrogen-bond acceptors (Lipinski definition) is 1. The van der Waals surface area contributed by atoms with Gasteiger partial charge in [-0.3, -0.25) is 4.79 Å². The Morgan fingerprint density at radius 2 is 1.45 bits per heavy atom. The highest BCUT2D eigenvalue weighted by atomic mass is 16.1. The van der Waals surface area contributed by atoms with Crippen LogP contribution in [0.5, 0.6) is 0 Å². The van der Waals surface area contributed by atoms with Crippen molar-refractivity contribution in [1.82, 2.24) is 0 Å². The van der Waals surface area contributed by atoms with E-state index in [4.69, 9.17) is 0 Å². The molecule has 0 fully saturated rings. The number of pyridine rings is 2. The topological polar surface area (TPSA) is 24.8 Å². The summed E-state index contributed by atoms with van der Waals surface area (Å²) in [7, 11) is 2.03. The van der Waals surface area contributed by atoms with Gasteiger partial charge in [0.05, 0.1) is 0 Å². The molecule has 0 aliphatic carbocycles. The summed E-state index contributed by atoms with van der Waals surface area (Å²) in [5, 5.41) is 0. The molecule has 0 aromatic carbocycles. The van der Waals surface area contributed by atoms with Gasteiger partial charge in [-0.1, -0.05) is 6.92 Å². The van der Waals surface area contributed by atoms with Gasteiger partial charge in [-0.05, 0) is 24.0 Å². The third-order valence-corrected chi connectivity index (χ3v) is 3.46. The van der Waals surface area contributed by atoms with Crippen molar-refractivity contribution in [2.45, 2.75) is 32.7 Å². The lowest BCUT2D eigenvalue weighted by molar-refractivity contribution is -0.684. The van der Waals surface area contributed by atoms with Gasteiger partial charge in [-0.15, -0.1) is 0 Å². The summed E-state index contributed by atoms with van der Waals surface area (Å²) in [4.78, 5) is 11.4. The SMILES string of the molecule is CCC(=O)C[n+]1ccc(CCc2cc[n+](C)cc2)cc1. The van der Waals surface area contributed by atoms with Gasteiger partial charge in [-0.2, -0.15) is 4.57 Å². The van der Waals surface area contributed by atoms with Crippen molar-refractivity contribution in [2.75, 3.05) is 0 Å². The second-order valence-corrected chi connectivity index (χ2v) is 5.14. The minimum absolute atomic E-state index is 0.264. The van der Waals surface area contributed by atoms with Crippen LogP contribution in [0.4, 0.5) is 0 Å². The number of carbonyl (C=O) groups excluding carboxylic acids is 1. The number of rotatable bonds is 6. The molecular weight excluding hydrogens is 248 g/mol. The molecule has 2 aromatic heterocycles. The van der Waals surface area contributed by atoms with Crippen molar-refractivity contribution >= 4 is 5.78 Å². The summed E-state index contributed by atoms with van der Waals surface area (Å²) in [6.45, 7) is 2.38. The van der Waals surface area contributed by atoms with E-state index < -0.39 is 0 Å². The van der Waals surface area contributed by atoms with Gasteiger partial charge in [-0.25, -0.2) is 4.57 Å². The highest BCUT2D eigenvalue weighted by molar-refractivity contribution is 5.76. The van der Waals surface area contributed by atoms with Gasteiger partial charge in [0.15, 0.2) is 30.6 Å². The van der Waals surface area contributed by atoms with Gasteiger partial charge < -0.3 is 0 Å². The molecule has 0 spiro atoms. The fraction of sp³-hybridized carbons (Fsp3) is 0.353. The number of aromatic nitrogens is 2. The number of carbonyl (C=O) groups is 1. The molecule has 2 heterocycles. The molecule has 0 amide bonds. The molecule has 0 radical (unpaired) electrons. The van der Waals surface area contributed by atoms with Crippen LogP contribution < -0.4 is 9.13 Å². The predicted octanol–water partition coefficient (Wildman–Crippen LogP) is 1.56. The number of hydrogen-bond donors (Lipinski definition) is 0. The Balaban J connectivity index is 1.90. The van der Waals surface area contributed by atoms with Crippen molar-refractivity contribution < 1.29 is 13.9 Å². The molecule has 0 aliphatic heterocycles. The Morgan fingerprint density at radius 3 is 1.95 bits per heavy atom. The molecule has 20 heavy (non-hydrogen) atoms. The van der Waals surface area contributed by atoms with E-state index in [9.17, 15) is 4.79 Å². The average molecular weight is 270 g/mol.